The number of fused-ring (bicyclic) bond motifs is 3. The third-order valence-corrected chi connectivity index (χ3v) is 8.28. The van der Waals surface area contributed by atoms with E-state index in [2.05, 4.69) is 10.2 Å². The van der Waals surface area contributed by atoms with Crippen molar-refractivity contribution in [2.45, 2.75) is 95.7 Å². The largest absolute Gasteiger partial charge is 0.463 e. The maximum absolute atomic E-state index is 13.8. The first-order chi connectivity index (χ1) is 16.6. The third kappa shape index (κ3) is 4.64. The summed E-state index contributed by atoms with van der Waals surface area (Å²) in [5.74, 6) is -0.0782. The van der Waals surface area contributed by atoms with Gasteiger partial charge in [-0.3, -0.25) is 9.59 Å². The van der Waals surface area contributed by atoms with Crippen LogP contribution in [0.4, 0.5) is 0 Å². The van der Waals surface area contributed by atoms with E-state index in [1.165, 1.54) is 38.5 Å². The van der Waals surface area contributed by atoms with Gasteiger partial charge in [-0.1, -0.05) is 38.5 Å². The minimum absolute atomic E-state index is 0.0153. The van der Waals surface area contributed by atoms with Crippen molar-refractivity contribution < 1.29 is 14.0 Å². The highest BCUT2D eigenvalue weighted by Gasteiger charge is 2.48. The van der Waals surface area contributed by atoms with E-state index in [-0.39, 0.29) is 17.9 Å². The molecule has 2 fully saturated rings. The number of likely N-dealkylation sites (tertiary alicyclic amines) is 1. The molecule has 0 unspecified atom stereocenters. The fourth-order valence-corrected chi connectivity index (χ4v) is 6.20. The van der Waals surface area contributed by atoms with Gasteiger partial charge in [-0.05, 0) is 58.7 Å². The van der Waals surface area contributed by atoms with Crippen LogP contribution in [-0.4, -0.2) is 63.9 Å². The number of nitrogens with one attached hydrogen (secondary N) is 1. The highest BCUT2D eigenvalue weighted by Crippen LogP contribution is 2.33. The molecule has 186 valence electrons. The summed E-state index contributed by atoms with van der Waals surface area (Å²) in [6.45, 7) is 6.28. The van der Waals surface area contributed by atoms with Crippen molar-refractivity contribution in [2.24, 2.45) is 0 Å². The zero-order valence-corrected chi connectivity index (χ0v) is 20.7. The van der Waals surface area contributed by atoms with Gasteiger partial charge in [0.15, 0.2) is 5.58 Å². The topological polar surface area (TPSA) is 70.7 Å². The number of hydrogen-bond acceptors (Lipinski definition) is 4. The third-order valence-electron chi connectivity index (χ3n) is 8.28. The van der Waals surface area contributed by atoms with Crippen LogP contribution in [0.5, 0.6) is 0 Å². The smallest absolute Gasteiger partial charge is 0.271 e. The van der Waals surface area contributed by atoms with Crippen molar-refractivity contribution in [3.8, 4) is 0 Å². The lowest BCUT2D eigenvalue weighted by Gasteiger charge is -2.44. The molecule has 1 atom stereocenters. The average molecular weight is 469 g/mol. The molecule has 0 spiro atoms. The molecule has 5 rings (SSSR count). The number of aromatic nitrogens is 1. The van der Waals surface area contributed by atoms with Crippen molar-refractivity contribution in [2.75, 3.05) is 26.2 Å². The van der Waals surface area contributed by atoms with Crippen LogP contribution in [0.1, 0.15) is 88.0 Å². The second-order valence-corrected chi connectivity index (χ2v) is 10.8. The second-order valence-electron chi connectivity index (χ2n) is 10.8. The van der Waals surface area contributed by atoms with E-state index in [0.717, 1.165) is 57.3 Å². The summed E-state index contributed by atoms with van der Waals surface area (Å²) in [7, 11) is 0. The van der Waals surface area contributed by atoms with Gasteiger partial charge in [-0.2, -0.15) is 0 Å². The van der Waals surface area contributed by atoms with Crippen LogP contribution in [-0.2, 0) is 11.3 Å². The van der Waals surface area contributed by atoms with E-state index >= 15 is 0 Å². The molecule has 3 aliphatic rings. The van der Waals surface area contributed by atoms with E-state index < -0.39 is 5.54 Å². The van der Waals surface area contributed by atoms with Gasteiger partial charge in [0.1, 0.15) is 11.2 Å². The van der Waals surface area contributed by atoms with Gasteiger partial charge in [-0.25, -0.2) is 0 Å². The monoisotopic (exact) mass is 468 g/mol. The van der Waals surface area contributed by atoms with Gasteiger partial charge >= 0.3 is 0 Å². The molecule has 7 heteroatoms. The Morgan fingerprint density at radius 1 is 1.06 bits per heavy atom. The first-order valence-corrected chi connectivity index (χ1v) is 13.5. The Hall–Kier alpha value is -2.28. The van der Waals surface area contributed by atoms with E-state index in [4.69, 9.17) is 4.42 Å². The summed E-state index contributed by atoms with van der Waals surface area (Å²) >= 11 is 0. The van der Waals surface area contributed by atoms with Crippen molar-refractivity contribution in [1.29, 1.82) is 0 Å². The van der Waals surface area contributed by atoms with Crippen LogP contribution in [0, 0.1) is 0 Å². The molecule has 1 N–H and O–H groups in total. The van der Waals surface area contributed by atoms with Gasteiger partial charge in [0.2, 0.25) is 5.91 Å². The summed E-state index contributed by atoms with van der Waals surface area (Å²) < 4.78 is 7.58. The highest BCUT2D eigenvalue weighted by atomic mass is 16.3. The normalized spacial score (nSPS) is 25.2. The zero-order valence-electron chi connectivity index (χ0n) is 20.7. The molecule has 2 aliphatic heterocycles. The lowest BCUT2D eigenvalue weighted by molar-refractivity contribution is -0.133. The predicted octanol–water partition coefficient (Wildman–Crippen LogP) is 4.55. The number of carbonyl (C=O) groups excluding carboxylic acids is 2. The predicted molar refractivity (Wildman–Crippen MR) is 133 cm³/mol. The Bertz CT molecular complexity index is 995. The molecule has 2 aromatic rings. The molecule has 0 radical (unpaired) electrons. The van der Waals surface area contributed by atoms with Gasteiger partial charge in [0, 0.05) is 24.7 Å². The standard InChI is InChI=1S/C27H40N4O3/c1-27(26(33)28-21-11-6-2-3-7-12-21)20-30-22-13-18-34-24(22)19-23(30)25(32)31(27)17-10-16-29-14-8-4-5-9-15-29/h13,18-19,21H,2-12,14-17,20H2,1H3,(H,28,33)/t27-/m0/s1. The van der Waals surface area contributed by atoms with Crippen molar-refractivity contribution in [1.82, 2.24) is 19.7 Å². The molecule has 1 saturated heterocycles. The van der Waals surface area contributed by atoms with Gasteiger partial charge in [0.25, 0.3) is 5.91 Å². The minimum atomic E-state index is -0.918. The van der Waals surface area contributed by atoms with E-state index in [0.29, 0.717) is 24.4 Å². The Morgan fingerprint density at radius 3 is 2.50 bits per heavy atom. The molecule has 0 bridgehead atoms. The van der Waals surface area contributed by atoms with Gasteiger partial charge < -0.3 is 24.1 Å². The Balaban J connectivity index is 1.36. The molecular formula is C27H40N4O3. The van der Waals surface area contributed by atoms with Gasteiger partial charge in [0.05, 0.1) is 18.3 Å². The van der Waals surface area contributed by atoms with Crippen LogP contribution >= 0.6 is 0 Å². The van der Waals surface area contributed by atoms with Crippen LogP contribution in [0.2, 0.25) is 0 Å². The lowest BCUT2D eigenvalue weighted by Crippen LogP contribution is -2.65. The number of furan rings is 1. The van der Waals surface area contributed by atoms with E-state index in [1.54, 1.807) is 6.26 Å². The molecule has 4 heterocycles. The molecule has 2 amide bonds. The molecule has 34 heavy (non-hydrogen) atoms. The molecule has 0 aromatic carbocycles. The quantitative estimate of drug-likeness (QED) is 0.631. The Labute approximate surface area is 202 Å². The number of rotatable bonds is 6. The first-order valence-electron chi connectivity index (χ1n) is 13.5. The van der Waals surface area contributed by atoms with Crippen molar-refractivity contribution in [3.05, 3.63) is 24.1 Å². The van der Waals surface area contributed by atoms with Crippen LogP contribution in [0.25, 0.3) is 11.1 Å². The van der Waals surface area contributed by atoms with Crippen molar-refractivity contribution in [3.63, 3.8) is 0 Å². The summed E-state index contributed by atoms with van der Waals surface area (Å²) in [5, 5.41) is 3.35. The highest BCUT2D eigenvalue weighted by molar-refractivity contribution is 6.02. The average Bonchev–Trinajstić information content (AvgIpc) is 3.17. The zero-order chi connectivity index (χ0) is 23.5. The minimum Gasteiger partial charge on any atom is -0.463 e. The molecule has 1 aliphatic carbocycles. The maximum Gasteiger partial charge on any atom is 0.271 e. The summed E-state index contributed by atoms with van der Waals surface area (Å²) in [6, 6.07) is 3.94. The first kappa shape index (κ1) is 23.5. The number of hydrogen-bond donors (Lipinski definition) is 1. The van der Waals surface area contributed by atoms with Crippen LogP contribution < -0.4 is 5.32 Å². The summed E-state index contributed by atoms with van der Waals surface area (Å²) in [6.07, 6.45) is 14.6. The lowest BCUT2D eigenvalue weighted by atomic mass is 9.93. The fraction of sp³-hybridized carbons (Fsp3) is 0.704. The second kappa shape index (κ2) is 10.1. The van der Waals surface area contributed by atoms with Crippen molar-refractivity contribution >= 4 is 22.9 Å². The maximum atomic E-state index is 13.8. The Morgan fingerprint density at radius 2 is 1.76 bits per heavy atom. The number of amides is 2. The SMILES string of the molecule is C[C@@]1(C(=O)NC2CCCCCC2)Cn2c(cc3occc32)C(=O)N1CCCN1CCCCCC1. The van der Waals surface area contributed by atoms with Crippen LogP contribution in [0.15, 0.2) is 22.8 Å². The molecule has 2 aromatic heterocycles. The molecule has 7 nitrogen and oxygen atoms in total. The number of nitrogens with zero attached hydrogens (tertiary/aromatic N) is 3. The summed E-state index contributed by atoms with van der Waals surface area (Å²) in [4.78, 5) is 32.0. The van der Waals surface area contributed by atoms with Crippen LogP contribution in [0.3, 0.4) is 0 Å². The fourth-order valence-electron chi connectivity index (χ4n) is 6.20. The molecule has 1 saturated carbocycles. The summed E-state index contributed by atoms with van der Waals surface area (Å²) in [5.41, 5.74) is 1.31. The van der Waals surface area contributed by atoms with E-state index in [9.17, 15) is 9.59 Å². The molecular weight excluding hydrogens is 428 g/mol. The van der Waals surface area contributed by atoms with E-state index in [1.807, 2.05) is 28.5 Å². The number of carbonyl (C=O) groups is 2. The van der Waals surface area contributed by atoms with Gasteiger partial charge in [-0.15, -0.1) is 0 Å². The Kier molecular flexibility index (Phi) is 7.00.